The maximum absolute atomic E-state index is 5.94. The van der Waals surface area contributed by atoms with Crippen molar-refractivity contribution in [1.29, 1.82) is 0 Å². The molecule has 2 heterocycles. The average Bonchev–Trinajstić information content (AvgIpc) is 2.31. The predicted octanol–water partition coefficient (Wildman–Crippen LogP) is 3.91. The van der Waals surface area contributed by atoms with Crippen LogP contribution < -0.4 is 4.90 Å². The highest BCUT2D eigenvalue weighted by Gasteiger charge is 2.47. The molecule has 2 rings (SSSR count). The first-order valence-corrected chi connectivity index (χ1v) is 8.01. The molecule has 0 aliphatic carbocycles. The van der Waals surface area contributed by atoms with E-state index in [0.717, 1.165) is 12.8 Å². The van der Waals surface area contributed by atoms with Crippen LogP contribution in [0.3, 0.4) is 0 Å². The Morgan fingerprint density at radius 3 is 2.09 bits per heavy atom. The first-order chi connectivity index (χ1) is 10.2. The highest BCUT2D eigenvalue weighted by Crippen LogP contribution is 2.41. The standard InChI is InChI=1S/C15H22Cl2N4O/c1-6-7-22-10-8-14(2,3)21(15(4,5)9-10)13-19-11(16)18-12(17)20-13/h6,10H,1,7-9H2,2-5H3. The van der Waals surface area contributed by atoms with Crippen LogP contribution in [-0.2, 0) is 4.74 Å². The fourth-order valence-electron chi connectivity index (χ4n) is 3.47. The van der Waals surface area contributed by atoms with E-state index >= 15 is 0 Å². The molecule has 1 aromatic rings. The van der Waals surface area contributed by atoms with Gasteiger partial charge in [0.1, 0.15) is 0 Å². The van der Waals surface area contributed by atoms with E-state index in [0.29, 0.717) is 12.6 Å². The van der Waals surface area contributed by atoms with Crippen molar-refractivity contribution < 1.29 is 4.74 Å². The van der Waals surface area contributed by atoms with Crippen LogP contribution >= 0.6 is 23.2 Å². The number of piperidine rings is 1. The number of ether oxygens (including phenoxy) is 1. The number of hydrogen-bond acceptors (Lipinski definition) is 5. The zero-order valence-corrected chi connectivity index (χ0v) is 14.9. The lowest BCUT2D eigenvalue weighted by Gasteiger charge is -2.55. The van der Waals surface area contributed by atoms with Gasteiger partial charge in [-0.3, -0.25) is 0 Å². The lowest BCUT2D eigenvalue weighted by Crippen LogP contribution is -2.63. The Morgan fingerprint density at radius 2 is 1.64 bits per heavy atom. The second kappa shape index (κ2) is 6.30. The lowest BCUT2D eigenvalue weighted by atomic mass is 9.78. The Morgan fingerprint density at radius 1 is 1.14 bits per heavy atom. The van der Waals surface area contributed by atoms with Crippen LogP contribution in [0.25, 0.3) is 0 Å². The van der Waals surface area contributed by atoms with Gasteiger partial charge in [0.2, 0.25) is 16.5 Å². The third kappa shape index (κ3) is 3.70. The van der Waals surface area contributed by atoms with Crippen LogP contribution in [0.2, 0.25) is 10.6 Å². The fraction of sp³-hybridized carbons (Fsp3) is 0.667. The molecular formula is C15H22Cl2N4O. The molecule has 0 N–H and O–H groups in total. The maximum atomic E-state index is 5.94. The van der Waals surface area contributed by atoms with Crippen molar-refractivity contribution in [3.05, 3.63) is 23.2 Å². The quantitative estimate of drug-likeness (QED) is 0.775. The van der Waals surface area contributed by atoms with E-state index in [9.17, 15) is 0 Å². The number of anilines is 1. The third-order valence-corrected chi connectivity index (χ3v) is 4.22. The first kappa shape index (κ1) is 17.4. The average molecular weight is 345 g/mol. The topological polar surface area (TPSA) is 51.1 Å². The SMILES string of the molecule is C=CCOC1CC(C)(C)N(c2nc(Cl)nc(Cl)n2)C(C)(C)C1. The number of halogens is 2. The molecule has 122 valence electrons. The molecule has 0 amide bonds. The van der Waals surface area contributed by atoms with Gasteiger partial charge in [0.25, 0.3) is 0 Å². The molecule has 0 spiro atoms. The van der Waals surface area contributed by atoms with Crippen LogP contribution in [-0.4, -0.2) is 38.7 Å². The minimum atomic E-state index is -0.207. The normalized spacial score (nSPS) is 20.9. The third-order valence-electron chi connectivity index (χ3n) is 3.88. The molecule has 0 bridgehead atoms. The van der Waals surface area contributed by atoms with Gasteiger partial charge in [-0.15, -0.1) is 6.58 Å². The molecule has 0 aromatic carbocycles. The van der Waals surface area contributed by atoms with E-state index in [2.05, 4.69) is 54.1 Å². The van der Waals surface area contributed by atoms with Gasteiger partial charge in [0.05, 0.1) is 12.7 Å². The highest BCUT2D eigenvalue weighted by atomic mass is 35.5. The van der Waals surface area contributed by atoms with Crippen LogP contribution in [0.4, 0.5) is 5.95 Å². The van der Waals surface area contributed by atoms with E-state index in [1.54, 1.807) is 6.08 Å². The van der Waals surface area contributed by atoms with Gasteiger partial charge < -0.3 is 9.64 Å². The summed E-state index contributed by atoms with van der Waals surface area (Å²) in [4.78, 5) is 14.5. The van der Waals surface area contributed by atoms with Crippen LogP contribution in [0, 0.1) is 0 Å². The highest BCUT2D eigenvalue weighted by molar-refractivity contribution is 6.31. The molecule has 7 heteroatoms. The molecule has 1 aliphatic rings. The van der Waals surface area contributed by atoms with Gasteiger partial charge >= 0.3 is 0 Å². The summed E-state index contributed by atoms with van der Waals surface area (Å²) in [5.41, 5.74) is -0.413. The summed E-state index contributed by atoms with van der Waals surface area (Å²) in [6.45, 7) is 12.8. The summed E-state index contributed by atoms with van der Waals surface area (Å²) in [5, 5.41) is 0.207. The predicted molar refractivity (Wildman–Crippen MR) is 89.7 cm³/mol. The Bertz CT molecular complexity index is 524. The molecule has 0 unspecified atom stereocenters. The van der Waals surface area contributed by atoms with Crippen molar-refractivity contribution in [3.8, 4) is 0 Å². The minimum absolute atomic E-state index is 0.103. The number of nitrogens with zero attached hydrogens (tertiary/aromatic N) is 4. The van der Waals surface area contributed by atoms with Crippen molar-refractivity contribution >= 4 is 29.2 Å². The summed E-state index contributed by atoms with van der Waals surface area (Å²) < 4.78 is 5.88. The van der Waals surface area contributed by atoms with Gasteiger partial charge in [-0.25, -0.2) is 0 Å². The van der Waals surface area contributed by atoms with Gasteiger partial charge in [-0.05, 0) is 63.7 Å². The molecule has 1 fully saturated rings. The summed E-state index contributed by atoms with van der Waals surface area (Å²) in [6, 6.07) is 0. The summed E-state index contributed by atoms with van der Waals surface area (Å²) in [5.74, 6) is 0.502. The van der Waals surface area contributed by atoms with E-state index in [-0.39, 0.29) is 27.7 Å². The molecular weight excluding hydrogens is 323 g/mol. The Balaban J connectivity index is 2.36. The van der Waals surface area contributed by atoms with E-state index in [4.69, 9.17) is 27.9 Å². The molecule has 0 radical (unpaired) electrons. The van der Waals surface area contributed by atoms with Gasteiger partial charge in [-0.2, -0.15) is 15.0 Å². The zero-order chi connectivity index (χ0) is 16.5. The second-order valence-corrected chi connectivity index (χ2v) is 7.46. The first-order valence-electron chi connectivity index (χ1n) is 7.25. The molecule has 0 saturated carbocycles. The molecule has 1 aromatic heterocycles. The monoisotopic (exact) mass is 344 g/mol. The number of aromatic nitrogens is 3. The zero-order valence-electron chi connectivity index (χ0n) is 13.4. The largest absolute Gasteiger partial charge is 0.374 e. The second-order valence-electron chi connectivity index (χ2n) is 6.79. The van der Waals surface area contributed by atoms with E-state index in [1.807, 2.05) is 0 Å². The van der Waals surface area contributed by atoms with Crippen molar-refractivity contribution in [2.45, 2.75) is 57.7 Å². The molecule has 5 nitrogen and oxygen atoms in total. The van der Waals surface area contributed by atoms with Gasteiger partial charge in [0, 0.05) is 11.1 Å². The molecule has 1 saturated heterocycles. The van der Waals surface area contributed by atoms with Crippen LogP contribution in [0.15, 0.2) is 12.7 Å². The Kier molecular flexibility index (Phi) is 5.00. The number of rotatable bonds is 4. The Hall–Kier alpha value is -0.910. The number of hydrogen-bond donors (Lipinski definition) is 0. The van der Waals surface area contributed by atoms with Crippen molar-refractivity contribution in [2.24, 2.45) is 0 Å². The minimum Gasteiger partial charge on any atom is -0.374 e. The van der Waals surface area contributed by atoms with Crippen molar-refractivity contribution in [2.75, 3.05) is 11.5 Å². The van der Waals surface area contributed by atoms with E-state index in [1.165, 1.54) is 0 Å². The van der Waals surface area contributed by atoms with Gasteiger partial charge in [-0.1, -0.05) is 6.08 Å². The van der Waals surface area contributed by atoms with Crippen molar-refractivity contribution in [1.82, 2.24) is 15.0 Å². The smallest absolute Gasteiger partial charge is 0.231 e. The van der Waals surface area contributed by atoms with Crippen LogP contribution in [0.1, 0.15) is 40.5 Å². The Labute approximate surface area is 141 Å². The van der Waals surface area contributed by atoms with Gasteiger partial charge in [0.15, 0.2) is 0 Å². The lowest BCUT2D eigenvalue weighted by molar-refractivity contribution is 0.00616. The summed E-state index contributed by atoms with van der Waals surface area (Å²) in [6.07, 6.45) is 3.64. The maximum Gasteiger partial charge on any atom is 0.231 e. The fourth-order valence-corrected chi connectivity index (χ4v) is 3.82. The molecule has 0 atom stereocenters. The summed E-state index contributed by atoms with van der Waals surface area (Å²) in [7, 11) is 0. The molecule has 22 heavy (non-hydrogen) atoms. The van der Waals surface area contributed by atoms with Crippen molar-refractivity contribution in [3.63, 3.8) is 0 Å². The van der Waals surface area contributed by atoms with Crippen LogP contribution in [0.5, 0.6) is 0 Å². The summed E-state index contributed by atoms with van der Waals surface area (Å²) >= 11 is 11.9. The molecule has 1 aliphatic heterocycles. The van der Waals surface area contributed by atoms with E-state index < -0.39 is 0 Å².